The average molecular weight is 273 g/mol. The van der Waals surface area contributed by atoms with Crippen LogP contribution in [0, 0.1) is 0 Å². The minimum atomic E-state index is 0.0542. The second-order valence-corrected chi connectivity index (χ2v) is 6.16. The van der Waals surface area contributed by atoms with E-state index in [9.17, 15) is 0 Å². The highest BCUT2D eigenvalue weighted by Gasteiger charge is 2.25. The Morgan fingerprint density at radius 1 is 1.47 bits per heavy atom. The van der Waals surface area contributed by atoms with E-state index in [1.54, 1.807) is 0 Å². The van der Waals surface area contributed by atoms with Crippen LogP contribution in [0.25, 0.3) is 0 Å². The molecule has 2 atom stereocenters. The van der Waals surface area contributed by atoms with Gasteiger partial charge in [0.05, 0.1) is 6.04 Å². The number of hydrogen-bond acceptors (Lipinski definition) is 4. The van der Waals surface area contributed by atoms with Gasteiger partial charge in [0.2, 0.25) is 0 Å². The molecule has 0 amide bonds. The molecule has 0 bridgehead atoms. The van der Waals surface area contributed by atoms with Crippen LogP contribution < -0.4 is 10.6 Å². The lowest BCUT2D eigenvalue weighted by Gasteiger charge is -2.34. The van der Waals surface area contributed by atoms with Gasteiger partial charge in [-0.1, -0.05) is 0 Å². The zero-order chi connectivity index (χ0) is 13.4. The van der Waals surface area contributed by atoms with E-state index < -0.39 is 0 Å². The predicted octanol–water partition coefficient (Wildman–Crippen LogP) is 3.29. The smallest absolute Gasteiger partial charge is 0.129 e. The summed E-state index contributed by atoms with van der Waals surface area (Å²) in [5.41, 5.74) is 8.56. The Kier molecular flexibility index (Phi) is 3.29. The Balaban J connectivity index is 1.93. The summed E-state index contributed by atoms with van der Waals surface area (Å²) in [5.74, 6) is 1.04. The van der Waals surface area contributed by atoms with E-state index in [-0.39, 0.29) is 6.04 Å². The first-order valence-corrected chi connectivity index (χ1v) is 7.59. The maximum absolute atomic E-state index is 5.96. The second kappa shape index (κ2) is 4.94. The highest BCUT2D eigenvalue weighted by atomic mass is 32.1. The van der Waals surface area contributed by atoms with Crippen LogP contribution in [0.5, 0.6) is 0 Å². The topological polar surface area (TPSA) is 42.1 Å². The van der Waals surface area contributed by atoms with Gasteiger partial charge in [-0.2, -0.15) is 0 Å². The van der Waals surface area contributed by atoms with Crippen LogP contribution in [0.15, 0.2) is 29.8 Å². The Morgan fingerprint density at radius 3 is 3.11 bits per heavy atom. The Labute approximate surface area is 118 Å². The summed E-state index contributed by atoms with van der Waals surface area (Å²) in [6.45, 7) is 5.30. The van der Waals surface area contributed by atoms with Gasteiger partial charge < -0.3 is 10.6 Å². The lowest BCUT2D eigenvalue weighted by molar-refractivity contribution is 0.624. The van der Waals surface area contributed by atoms with Gasteiger partial charge in [-0.3, -0.25) is 0 Å². The molecule has 19 heavy (non-hydrogen) atoms. The number of nitrogens with zero attached hydrogens (tertiary/aromatic N) is 2. The number of hydrogen-bond donors (Lipinski definition) is 1. The van der Waals surface area contributed by atoms with Gasteiger partial charge in [0.25, 0.3) is 0 Å². The van der Waals surface area contributed by atoms with E-state index in [0.29, 0.717) is 6.04 Å². The minimum absolute atomic E-state index is 0.0542. The molecule has 0 aliphatic carbocycles. The second-order valence-electron chi connectivity index (χ2n) is 5.15. The number of aromatic nitrogens is 1. The summed E-state index contributed by atoms with van der Waals surface area (Å²) >= 11 is 1.87. The number of fused-ring (bicyclic) bond motifs is 1. The van der Waals surface area contributed by atoms with E-state index in [2.05, 4.69) is 34.3 Å². The molecule has 2 N–H and O–H groups in total. The molecule has 0 radical (unpaired) electrons. The number of rotatable bonds is 2. The van der Waals surface area contributed by atoms with Gasteiger partial charge in [-0.25, -0.2) is 4.98 Å². The summed E-state index contributed by atoms with van der Waals surface area (Å²) in [6.07, 6.45) is 2.98. The molecular weight excluding hydrogens is 254 g/mol. The van der Waals surface area contributed by atoms with Crippen molar-refractivity contribution in [3.8, 4) is 0 Å². The molecule has 1 aliphatic rings. The van der Waals surface area contributed by atoms with Crippen molar-refractivity contribution in [3.05, 3.63) is 45.8 Å². The molecule has 0 aromatic carbocycles. The summed E-state index contributed by atoms with van der Waals surface area (Å²) in [4.78, 5) is 8.42. The van der Waals surface area contributed by atoms with Crippen molar-refractivity contribution in [3.63, 3.8) is 0 Å². The van der Waals surface area contributed by atoms with Crippen LogP contribution >= 0.6 is 11.3 Å². The molecule has 0 spiro atoms. The lowest BCUT2D eigenvalue weighted by atomic mass is 10.0. The van der Waals surface area contributed by atoms with Crippen LogP contribution in [0.3, 0.4) is 0 Å². The van der Waals surface area contributed by atoms with Crippen molar-refractivity contribution in [2.45, 2.75) is 32.4 Å². The summed E-state index contributed by atoms with van der Waals surface area (Å²) < 4.78 is 0. The highest BCUT2D eigenvalue weighted by Crippen LogP contribution is 2.35. The third-order valence-electron chi connectivity index (χ3n) is 3.87. The third-order valence-corrected chi connectivity index (χ3v) is 4.86. The third kappa shape index (κ3) is 2.26. The van der Waals surface area contributed by atoms with Crippen LogP contribution in [0.4, 0.5) is 5.82 Å². The molecule has 4 heteroatoms. The van der Waals surface area contributed by atoms with Gasteiger partial charge in [-0.05, 0) is 55.0 Å². The quantitative estimate of drug-likeness (QED) is 0.913. The van der Waals surface area contributed by atoms with E-state index in [0.717, 1.165) is 24.3 Å². The monoisotopic (exact) mass is 273 g/mol. The molecule has 0 fully saturated rings. The van der Waals surface area contributed by atoms with Gasteiger partial charge in [0.15, 0.2) is 0 Å². The maximum Gasteiger partial charge on any atom is 0.129 e. The van der Waals surface area contributed by atoms with Crippen molar-refractivity contribution >= 4 is 17.2 Å². The van der Waals surface area contributed by atoms with Crippen LogP contribution in [-0.4, -0.2) is 11.5 Å². The lowest BCUT2D eigenvalue weighted by Crippen LogP contribution is -2.33. The van der Waals surface area contributed by atoms with Gasteiger partial charge in [0.1, 0.15) is 5.82 Å². The fraction of sp³-hybridized carbons (Fsp3) is 0.400. The molecule has 0 saturated carbocycles. The van der Waals surface area contributed by atoms with E-state index in [1.807, 2.05) is 30.5 Å². The van der Waals surface area contributed by atoms with E-state index in [4.69, 9.17) is 5.73 Å². The van der Waals surface area contributed by atoms with Gasteiger partial charge >= 0.3 is 0 Å². The van der Waals surface area contributed by atoms with E-state index in [1.165, 1.54) is 10.4 Å². The molecule has 2 aromatic heterocycles. The molecule has 1 aliphatic heterocycles. The first kappa shape index (κ1) is 12.6. The molecule has 3 rings (SSSR count). The van der Waals surface area contributed by atoms with Crippen LogP contribution in [-0.2, 0) is 6.42 Å². The van der Waals surface area contributed by atoms with Crippen molar-refractivity contribution < 1.29 is 0 Å². The zero-order valence-corrected chi connectivity index (χ0v) is 12.2. The van der Waals surface area contributed by atoms with Crippen LogP contribution in [0.1, 0.15) is 41.9 Å². The van der Waals surface area contributed by atoms with Crippen molar-refractivity contribution in [2.75, 3.05) is 11.4 Å². The fourth-order valence-electron chi connectivity index (χ4n) is 2.70. The van der Waals surface area contributed by atoms with Crippen molar-refractivity contribution in [1.82, 2.24) is 4.98 Å². The predicted molar refractivity (Wildman–Crippen MR) is 80.6 cm³/mol. The minimum Gasteiger partial charge on any atom is -0.349 e. The van der Waals surface area contributed by atoms with Crippen LogP contribution in [0.2, 0.25) is 0 Å². The molecule has 100 valence electrons. The maximum atomic E-state index is 5.96. The summed E-state index contributed by atoms with van der Waals surface area (Å²) in [7, 11) is 0. The number of thiophene rings is 1. The number of nitrogens with two attached hydrogens (primary N) is 1. The molecular formula is C15H19N3S. The summed E-state index contributed by atoms with van der Waals surface area (Å²) in [5, 5.41) is 2.19. The number of anilines is 1. The molecule has 3 heterocycles. The average Bonchev–Trinajstić information content (AvgIpc) is 2.88. The normalized spacial score (nSPS) is 20.2. The Bertz CT molecular complexity index is 576. The standard InChI is InChI=1S/C15H19N3S/c1-10(16)12-3-6-17-15(9-12)18-7-4-14-13(11(18)2)5-8-19-14/h3,5-6,8-11H,4,7,16H2,1-2H3. The molecule has 2 unspecified atom stereocenters. The summed E-state index contributed by atoms with van der Waals surface area (Å²) in [6, 6.07) is 6.81. The van der Waals surface area contributed by atoms with Gasteiger partial charge in [-0.15, -0.1) is 11.3 Å². The molecule has 0 saturated heterocycles. The van der Waals surface area contributed by atoms with E-state index >= 15 is 0 Å². The first-order chi connectivity index (χ1) is 9.16. The highest BCUT2D eigenvalue weighted by molar-refractivity contribution is 7.10. The fourth-order valence-corrected chi connectivity index (χ4v) is 3.66. The van der Waals surface area contributed by atoms with Crippen molar-refractivity contribution in [2.24, 2.45) is 5.73 Å². The molecule has 3 nitrogen and oxygen atoms in total. The Morgan fingerprint density at radius 2 is 2.32 bits per heavy atom. The molecule has 2 aromatic rings. The SMILES string of the molecule is CC(N)c1ccnc(N2CCc3sccc3C2C)c1. The largest absolute Gasteiger partial charge is 0.349 e. The van der Waals surface area contributed by atoms with Gasteiger partial charge in [0, 0.05) is 23.7 Å². The number of pyridine rings is 1. The Hall–Kier alpha value is -1.39. The van der Waals surface area contributed by atoms with Crippen molar-refractivity contribution in [1.29, 1.82) is 0 Å². The zero-order valence-electron chi connectivity index (χ0n) is 11.3. The first-order valence-electron chi connectivity index (χ1n) is 6.71.